The molecule has 1 aromatic carbocycles. The third kappa shape index (κ3) is 7.25. The van der Waals surface area contributed by atoms with Crippen LogP contribution in [0.15, 0.2) is 47.4 Å². The van der Waals surface area contributed by atoms with E-state index in [0.717, 1.165) is 30.6 Å². The first-order valence-corrected chi connectivity index (χ1v) is 11.8. The number of ketones is 1. The first-order valence-electron chi connectivity index (χ1n) is 10.9. The van der Waals surface area contributed by atoms with E-state index in [2.05, 4.69) is 19.1 Å². The summed E-state index contributed by atoms with van der Waals surface area (Å²) in [7, 11) is 0. The summed E-state index contributed by atoms with van der Waals surface area (Å²) in [4.78, 5) is 25.7. The van der Waals surface area contributed by atoms with Crippen LogP contribution in [0.25, 0.3) is 0 Å². The third-order valence-electron chi connectivity index (χ3n) is 5.29. The molecule has 0 amide bonds. The van der Waals surface area contributed by atoms with Crippen molar-refractivity contribution in [2.45, 2.75) is 75.4 Å². The number of carbonyl (C=O) groups excluding carboxylic acids is 1. The van der Waals surface area contributed by atoms with Crippen LogP contribution in [0.5, 0.6) is 0 Å². The number of benzene rings is 1. The lowest BCUT2D eigenvalue weighted by Crippen LogP contribution is -2.37. The van der Waals surface area contributed by atoms with E-state index < -0.39 is 30.2 Å². The Kier molecular flexibility index (Phi) is 10.6. The summed E-state index contributed by atoms with van der Waals surface area (Å²) in [5, 5.41) is 9.64. The minimum absolute atomic E-state index is 0.106. The standard InChI is InChI=1S/C24H34O5S/c1-4-6-7-8-12-15-21(30-18-13-10-9-11-14-18)23-20(29-17(3)28-5-2)16-19(25)22(23)24(26)27/h9-15,17,20-23H,4-8,16H2,1-3H3,(H,26,27). The second-order valence-corrected chi connectivity index (χ2v) is 8.83. The van der Waals surface area contributed by atoms with Crippen molar-refractivity contribution in [1.29, 1.82) is 0 Å². The summed E-state index contributed by atoms with van der Waals surface area (Å²) >= 11 is 1.59. The maximum atomic E-state index is 12.6. The van der Waals surface area contributed by atoms with Crippen molar-refractivity contribution in [3.8, 4) is 0 Å². The molecule has 0 heterocycles. The van der Waals surface area contributed by atoms with E-state index in [1.807, 2.05) is 37.3 Å². The highest BCUT2D eigenvalue weighted by Crippen LogP contribution is 2.42. The van der Waals surface area contributed by atoms with Gasteiger partial charge in [-0.25, -0.2) is 0 Å². The van der Waals surface area contributed by atoms with Gasteiger partial charge in [-0.1, -0.05) is 50.1 Å². The molecular weight excluding hydrogens is 400 g/mol. The molecule has 1 fully saturated rings. The first kappa shape index (κ1) is 24.6. The highest BCUT2D eigenvalue weighted by molar-refractivity contribution is 8.00. The molecule has 5 nitrogen and oxygen atoms in total. The highest BCUT2D eigenvalue weighted by atomic mass is 32.2. The Balaban J connectivity index is 2.29. The van der Waals surface area contributed by atoms with Crippen molar-refractivity contribution in [3.05, 3.63) is 42.5 Å². The quantitative estimate of drug-likeness (QED) is 0.148. The molecule has 1 aromatic rings. The lowest BCUT2D eigenvalue weighted by atomic mass is 9.90. The minimum Gasteiger partial charge on any atom is -0.481 e. The molecule has 1 aliphatic carbocycles. The van der Waals surface area contributed by atoms with Crippen LogP contribution in [0.4, 0.5) is 0 Å². The number of hydrogen-bond donors (Lipinski definition) is 1. The van der Waals surface area contributed by atoms with Crippen LogP contribution in [0, 0.1) is 11.8 Å². The minimum atomic E-state index is -1.07. The molecule has 0 bridgehead atoms. The zero-order chi connectivity index (χ0) is 21.9. The maximum absolute atomic E-state index is 12.6. The summed E-state index contributed by atoms with van der Waals surface area (Å²) in [5.74, 6) is -2.85. The van der Waals surface area contributed by atoms with E-state index in [1.54, 1.807) is 18.7 Å². The molecule has 0 aromatic heterocycles. The predicted octanol–water partition coefficient (Wildman–Crippen LogP) is 5.34. The zero-order valence-electron chi connectivity index (χ0n) is 18.2. The van der Waals surface area contributed by atoms with Gasteiger partial charge in [0.25, 0.3) is 0 Å². The number of carboxylic acid groups (broad SMARTS) is 1. The van der Waals surface area contributed by atoms with Gasteiger partial charge in [0, 0.05) is 29.1 Å². The Morgan fingerprint density at radius 1 is 1.27 bits per heavy atom. The van der Waals surface area contributed by atoms with E-state index in [9.17, 15) is 14.7 Å². The monoisotopic (exact) mass is 434 g/mol. The predicted molar refractivity (Wildman–Crippen MR) is 120 cm³/mol. The summed E-state index contributed by atoms with van der Waals surface area (Å²) in [6, 6.07) is 9.89. The molecular formula is C24H34O5S. The van der Waals surface area contributed by atoms with Gasteiger partial charge in [-0.3, -0.25) is 9.59 Å². The first-order chi connectivity index (χ1) is 14.5. The molecule has 0 spiro atoms. The van der Waals surface area contributed by atoms with Crippen LogP contribution in [-0.2, 0) is 19.1 Å². The molecule has 1 saturated carbocycles. The SMILES string of the molecule is CCCCCC=CC(Sc1ccccc1)C1C(OC(C)OCC)CC(=O)C1C(=O)O. The smallest absolute Gasteiger partial charge is 0.314 e. The molecule has 0 saturated heterocycles. The molecule has 1 aliphatic rings. The van der Waals surface area contributed by atoms with Crippen LogP contribution >= 0.6 is 11.8 Å². The van der Waals surface area contributed by atoms with Gasteiger partial charge < -0.3 is 14.6 Å². The van der Waals surface area contributed by atoms with Gasteiger partial charge in [-0.05, 0) is 38.8 Å². The van der Waals surface area contributed by atoms with Gasteiger partial charge in [-0.15, -0.1) is 11.8 Å². The Hall–Kier alpha value is -1.63. The van der Waals surface area contributed by atoms with Crippen molar-refractivity contribution >= 4 is 23.5 Å². The molecule has 0 aliphatic heterocycles. The lowest BCUT2D eigenvalue weighted by molar-refractivity contribution is -0.169. The Labute approximate surface area is 184 Å². The molecule has 166 valence electrons. The van der Waals surface area contributed by atoms with Crippen molar-refractivity contribution in [2.24, 2.45) is 11.8 Å². The fourth-order valence-corrected chi connectivity index (χ4v) is 5.21. The summed E-state index contributed by atoms with van der Waals surface area (Å²) < 4.78 is 11.5. The average Bonchev–Trinajstić information content (AvgIpc) is 3.03. The van der Waals surface area contributed by atoms with Crippen molar-refractivity contribution in [3.63, 3.8) is 0 Å². The van der Waals surface area contributed by atoms with E-state index in [4.69, 9.17) is 9.47 Å². The Bertz CT molecular complexity index is 690. The van der Waals surface area contributed by atoms with Gasteiger partial charge in [0.05, 0.1) is 6.10 Å². The van der Waals surface area contributed by atoms with E-state index in [0.29, 0.717) is 6.61 Å². The normalized spacial score (nSPS) is 23.7. The van der Waals surface area contributed by atoms with Crippen molar-refractivity contribution in [1.82, 2.24) is 0 Å². The second kappa shape index (κ2) is 12.9. The number of carbonyl (C=O) groups is 2. The van der Waals surface area contributed by atoms with E-state index >= 15 is 0 Å². The molecule has 0 radical (unpaired) electrons. The molecule has 5 unspecified atom stereocenters. The lowest BCUT2D eigenvalue weighted by Gasteiger charge is -2.30. The van der Waals surface area contributed by atoms with Crippen molar-refractivity contribution in [2.75, 3.05) is 6.61 Å². The van der Waals surface area contributed by atoms with E-state index in [-0.39, 0.29) is 17.5 Å². The molecule has 30 heavy (non-hydrogen) atoms. The van der Waals surface area contributed by atoms with Gasteiger partial charge in [0.15, 0.2) is 6.29 Å². The summed E-state index contributed by atoms with van der Waals surface area (Å²) in [6.07, 6.45) is 7.70. The number of allylic oxidation sites excluding steroid dienone is 1. The number of unbranched alkanes of at least 4 members (excludes halogenated alkanes) is 3. The van der Waals surface area contributed by atoms with Crippen LogP contribution in [0.2, 0.25) is 0 Å². The number of rotatable bonds is 13. The molecule has 5 atom stereocenters. The van der Waals surface area contributed by atoms with Gasteiger partial charge >= 0.3 is 5.97 Å². The Morgan fingerprint density at radius 2 is 2.00 bits per heavy atom. The largest absolute Gasteiger partial charge is 0.481 e. The third-order valence-corrected chi connectivity index (χ3v) is 6.58. The number of aliphatic carboxylic acids is 1. The summed E-state index contributed by atoms with van der Waals surface area (Å²) in [6.45, 7) is 6.33. The van der Waals surface area contributed by atoms with Gasteiger partial charge in [0.1, 0.15) is 11.7 Å². The maximum Gasteiger partial charge on any atom is 0.314 e. The Morgan fingerprint density at radius 3 is 2.63 bits per heavy atom. The number of carboxylic acids is 1. The van der Waals surface area contributed by atoms with Gasteiger partial charge in [0.2, 0.25) is 0 Å². The fourth-order valence-electron chi connectivity index (χ4n) is 3.90. The van der Waals surface area contributed by atoms with Crippen LogP contribution in [0.1, 0.15) is 52.9 Å². The van der Waals surface area contributed by atoms with Crippen LogP contribution < -0.4 is 0 Å². The summed E-state index contributed by atoms with van der Waals surface area (Å²) in [5.41, 5.74) is 0. The number of hydrogen-bond acceptors (Lipinski definition) is 5. The van der Waals surface area contributed by atoms with E-state index in [1.165, 1.54) is 0 Å². The number of Topliss-reactive ketones (excluding diaryl/α,β-unsaturated/α-hetero) is 1. The van der Waals surface area contributed by atoms with Gasteiger partial charge in [-0.2, -0.15) is 0 Å². The zero-order valence-corrected chi connectivity index (χ0v) is 19.0. The van der Waals surface area contributed by atoms with Crippen LogP contribution in [-0.4, -0.2) is 41.1 Å². The molecule has 6 heteroatoms. The highest BCUT2D eigenvalue weighted by Gasteiger charge is 2.51. The fraction of sp³-hybridized carbons (Fsp3) is 0.583. The number of thioether (sulfide) groups is 1. The average molecular weight is 435 g/mol. The van der Waals surface area contributed by atoms with Crippen molar-refractivity contribution < 1.29 is 24.2 Å². The number of ether oxygens (including phenoxy) is 2. The molecule has 2 rings (SSSR count). The van der Waals surface area contributed by atoms with Crippen LogP contribution in [0.3, 0.4) is 0 Å². The topological polar surface area (TPSA) is 72.8 Å². The molecule has 1 N–H and O–H groups in total. The second-order valence-electron chi connectivity index (χ2n) is 7.58.